The summed E-state index contributed by atoms with van der Waals surface area (Å²) in [7, 11) is 4.47. The van der Waals surface area contributed by atoms with Crippen LogP contribution in [0.15, 0.2) is 66.6 Å². The number of H-pyrrole nitrogens is 1. The van der Waals surface area contributed by atoms with Gasteiger partial charge in [0.25, 0.3) is 5.91 Å². The highest BCUT2D eigenvalue weighted by atomic mass is 16.5. The van der Waals surface area contributed by atoms with Crippen molar-refractivity contribution < 1.29 is 43.2 Å². The maximum atomic E-state index is 13.0. The van der Waals surface area contributed by atoms with Crippen LogP contribution >= 0.6 is 0 Å². The van der Waals surface area contributed by atoms with Crippen LogP contribution < -0.4 is 29.0 Å². The second kappa shape index (κ2) is 12.0. The fraction of sp³-hybridized carbons (Fsp3) is 0.194. The number of carboxylic acids is 1. The van der Waals surface area contributed by atoms with Crippen molar-refractivity contribution in [3.63, 3.8) is 0 Å². The summed E-state index contributed by atoms with van der Waals surface area (Å²) in [5.74, 6) is -0.313. The third kappa shape index (κ3) is 5.57. The summed E-state index contributed by atoms with van der Waals surface area (Å²) in [6.45, 7) is -0.435. The Labute approximate surface area is 240 Å². The molecule has 42 heavy (non-hydrogen) atoms. The average molecular weight is 573 g/mol. The van der Waals surface area contributed by atoms with E-state index in [1.165, 1.54) is 45.6 Å². The number of ketones is 1. The topological polar surface area (TPSA) is 145 Å². The molecule has 0 saturated carbocycles. The van der Waals surface area contributed by atoms with Gasteiger partial charge in [-0.2, -0.15) is 0 Å². The van der Waals surface area contributed by atoms with E-state index in [9.17, 15) is 19.5 Å². The molecule has 5 rings (SSSR count). The van der Waals surface area contributed by atoms with Crippen LogP contribution in [0.4, 0.5) is 0 Å². The lowest BCUT2D eigenvalue weighted by Crippen LogP contribution is -2.44. The number of hydrogen-bond acceptors (Lipinski definition) is 8. The molecule has 2 heterocycles. The zero-order valence-corrected chi connectivity index (χ0v) is 23.1. The molecule has 3 N–H and O–H groups in total. The number of ether oxygens (including phenoxy) is 5. The monoisotopic (exact) mass is 572 g/mol. The van der Waals surface area contributed by atoms with Gasteiger partial charge in [0.15, 0.2) is 23.9 Å². The van der Waals surface area contributed by atoms with Crippen molar-refractivity contribution in [3.8, 4) is 28.7 Å². The number of aromatic amines is 1. The van der Waals surface area contributed by atoms with Crippen molar-refractivity contribution in [1.82, 2.24) is 10.3 Å². The highest BCUT2D eigenvalue weighted by molar-refractivity contribution is 6.14. The molecule has 3 aromatic carbocycles. The number of nitrogens with one attached hydrogen (secondary N) is 2. The maximum absolute atomic E-state index is 13.0. The molecule has 0 fully saturated rings. The standard InChI is InChI=1S/C31H28N2O9/c1-38-24-11-8-17(29(39-2)30(24)40-3)13-26-28(35)21-10-9-19(14-25(21)42-26)41-16-27(34)33-23(31(36)37)12-18-15-32-22-7-5-4-6-20(18)22/h4-11,13-15,23,32H,12,16H2,1-3H3,(H,33,34)(H,36,37). The molecule has 4 aromatic rings. The first kappa shape index (κ1) is 28.1. The number of methoxy groups -OCH3 is 3. The number of carbonyl (C=O) groups is 3. The number of allylic oxidation sites excluding steroid dienone is 1. The van der Waals surface area contributed by atoms with Gasteiger partial charge < -0.3 is 39.1 Å². The number of hydrogen-bond donors (Lipinski definition) is 3. The van der Waals surface area contributed by atoms with E-state index >= 15 is 0 Å². The quantitative estimate of drug-likeness (QED) is 0.227. The number of benzene rings is 3. The molecule has 0 bridgehead atoms. The Hall–Kier alpha value is -5.45. The maximum Gasteiger partial charge on any atom is 0.326 e. The van der Waals surface area contributed by atoms with E-state index in [2.05, 4.69) is 10.3 Å². The summed E-state index contributed by atoms with van der Waals surface area (Å²) in [6, 6.07) is 14.3. The number of aromatic nitrogens is 1. The van der Waals surface area contributed by atoms with Gasteiger partial charge in [0.1, 0.15) is 17.5 Å². The van der Waals surface area contributed by atoms with Crippen LogP contribution in [0.1, 0.15) is 21.5 Å². The lowest BCUT2D eigenvalue weighted by atomic mass is 10.1. The van der Waals surface area contributed by atoms with E-state index in [0.717, 1.165) is 16.5 Å². The number of fused-ring (bicyclic) bond motifs is 2. The van der Waals surface area contributed by atoms with Crippen LogP contribution in [0.2, 0.25) is 0 Å². The summed E-state index contributed by atoms with van der Waals surface area (Å²) in [4.78, 5) is 40.6. The molecular weight excluding hydrogens is 544 g/mol. The van der Waals surface area contributed by atoms with E-state index in [-0.39, 0.29) is 29.5 Å². The van der Waals surface area contributed by atoms with Gasteiger partial charge >= 0.3 is 5.97 Å². The highest BCUT2D eigenvalue weighted by Crippen LogP contribution is 2.42. The second-order valence-electron chi connectivity index (χ2n) is 9.33. The number of amides is 1. The number of aliphatic carboxylic acids is 1. The van der Waals surface area contributed by atoms with Crippen LogP contribution in [0.25, 0.3) is 17.0 Å². The zero-order valence-electron chi connectivity index (χ0n) is 23.1. The van der Waals surface area contributed by atoms with E-state index in [0.29, 0.717) is 28.4 Å². The number of para-hydroxylation sites is 1. The molecule has 0 saturated heterocycles. The van der Waals surface area contributed by atoms with E-state index in [1.807, 2.05) is 24.3 Å². The Balaban J connectivity index is 1.25. The van der Waals surface area contributed by atoms with Gasteiger partial charge in [-0.25, -0.2) is 4.79 Å². The minimum absolute atomic E-state index is 0.0620. The normalized spacial score (nSPS) is 13.8. The zero-order chi connectivity index (χ0) is 29.8. The van der Waals surface area contributed by atoms with Gasteiger partial charge in [-0.3, -0.25) is 9.59 Å². The molecule has 0 aliphatic carbocycles. The van der Waals surface area contributed by atoms with E-state index in [4.69, 9.17) is 23.7 Å². The Morgan fingerprint density at radius 2 is 1.81 bits per heavy atom. The van der Waals surface area contributed by atoms with Crippen LogP contribution in [-0.4, -0.2) is 61.7 Å². The van der Waals surface area contributed by atoms with E-state index in [1.54, 1.807) is 18.3 Å². The van der Waals surface area contributed by atoms with Gasteiger partial charge in [0, 0.05) is 35.2 Å². The molecule has 11 nitrogen and oxygen atoms in total. The molecule has 1 aromatic heterocycles. The average Bonchev–Trinajstić information content (AvgIpc) is 3.55. The first-order valence-corrected chi connectivity index (χ1v) is 12.9. The van der Waals surface area contributed by atoms with Crippen LogP contribution in [-0.2, 0) is 16.0 Å². The van der Waals surface area contributed by atoms with Crippen LogP contribution in [0, 0.1) is 0 Å². The molecule has 1 amide bonds. The van der Waals surface area contributed by atoms with Gasteiger partial charge in [0.2, 0.25) is 11.5 Å². The molecule has 216 valence electrons. The Morgan fingerprint density at radius 3 is 2.55 bits per heavy atom. The number of Topliss-reactive ketones (excluding diaryl/α,β-unsaturated/α-hetero) is 1. The lowest BCUT2D eigenvalue weighted by molar-refractivity contribution is -0.142. The third-order valence-corrected chi connectivity index (χ3v) is 6.76. The van der Waals surface area contributed by atoms with Crippen molar-refractivity contribution >= 4 is 34.6 Å². The Kier molecular flexibility index (Phi) is 8.00. The third-order valence-electron chi connectivity index (χ3n) is 6.76. The summed E-state index contributed by atoms with van der Waals surface area (Å²) in [6.07, 6.45) is 3.37. The SMILES string of the molecule is COc1ccc(C=C2Oc3cc(OCC(=O)NC(Cc4c[nH]c5ccccc45)C(=O)O)ccc3C2=O)c(OC)c1OC. The number of rotatable bonds is 11. The fourth-order valence-electron chi connectivity index (χ4n) is 4.74. The van der Waals surface area contributed by atoms with Crippen molar-refractivity contribution in [1.29, 1.82) is 0 Å². The van der Waals surface area contributed by atoms with Crippen molar-refractivity contribution in [2.24, 2.45) is 0 Å². The summed E-state index contributed by atoms with van der Waals surface area (Å²) in [5.41, 5.74) is 2.51. The smallest absolute Gasteiger partial charge is 0.326 e. The molecule has 0 radical (unpaired) electrons. The highest BCUT2D eigenvalue weighted by Gasteiger charge is 2.29. The summed E-state index contributed by atoms with van der Waals surface area (Å²) in [5, 5.41) is 13.1. The Bertz CT molecular complexity index is 1710. The lowest BCUT2D eigenvalue weighted by Gasteiger charge is -2.15. The van der Waals surface area contributed by atoms with Crippen molar-refractivity contribution in [2.75, 3.05) is 27.9 Å². The minimum atomic E-state index is -1.16. The second-order valence-corrected chi connectivity index (χ2v) is 9.33. The van der Waals surface area contributed by atoms with Gasteiger partial charge in [-0.05, 0) is 42.0 Å². The molecular formula is C31H28N2O9. The first-order chi connectivity index (χ1) is 20.3. The summed E-state index contributed by atoms with van der Waals surface area (Å²) < 4.78 is 27.6. The predicted octanol–water partition coefficient (Wildman–Crippen LogP) is 4.00. The fourth-order valence-corrected chi connectivity index (χ4v) is 4.74. The Morgan fingerprint density at radius 1 is 1.02 bits per heavy atom. The minimum Gasteiger partial charge on any atom is -0.493 e. The van der Waals surface area contributed by atoms with Crippen LogP contribution in [0.3, 0.4) is 0 Å². The van der Waals surface area contributed by atoms with Crippen molar-refractivity contribution in [2.45, 2.75) is 12.5 Å². The molecule has 0 spiro atoms. The molecule has 1 aliphatic heterocycles. The first-order valence-electron chi connectivity index (χ1n) is 12.9. The number of carboxylic acid groups (broad SMARTS) is 1. The summed E-state index contributed by atoms with van der Waals surface area (Å²) >= 11 is 0. The van der Waals surface area contributed by atoms with Gasteiger partial charge in [-0.15, -0.1) is 0 Å². The number of carbonyl (C=O) groups excluding carboxylic acids is 2. The van der Waals surface area contributed by atoms with Gasteiger partial charge in [-0.1, -0.05) is 18.2 Å². The van der Waals surface area contributed by atoms with Gasteiger partial charge in [0.05, 0.1) is 26.9 Å². The largest absolute Gasteiger partial charge is 0.493 e. The predicted molar refractivity (Wildman–Crippen MR) is 153 cm³/mol. The molecule has 1 atom stereocenters. The van der Waals surface area contributed by atoms with E-state index < -0.39 is 24.5 Å². The van der Waals surface area contributed by atoms with Crippen molar-refractivity contribution in [3.05, 3.63) is 83.2 Å². The molecule has 1 aliphatic rings. The molecule has 11 heteroatoms. The van der Waals surface area contributed by atoms with Crippen LogP contribution in [0.5, 0.6) is 28.7 Å². The molecule has 1 unspecified atom stereocenters.